The van der Waals surface area contributed by atoms with E-state index in [0.717, 1.165) is 22.0 Å². The van der Waals surface area contributed by atoms with E-state index in [1.807, 2.05) is 73.7 Å². The molecule has 0 bridgehead atoms. The maximum atomic E-state index is 5.93. The van der Waals surface area contributed by atoms with Crippen LogP contribution in [0.5, 0.6) is 11.5 Å². The molecule has 8 heteroatoms. The van der Waals surface area contributed by atoms with Gasteiger partial charge in [-0.15, -0.1) is 10.2 Å². The van der Waals surface area contributed by atoms with Gasteiger partial charge in [0.25, 0.3) is 5.89 Å². The van der Waals surface area contributed by atoms with Crippen molar-refractivity contribution in [3.8, 4) is 34.7 Å². The lowest BCUT2D eigenvalue weighted by atomic mass is 10.1. The fourth-order valence-electron chi connectivity index (χ4n) is 3.52. The molecule has 5 rings (SSSR count). The molecule has 2 heterocycles. The van der Waals surface area contributed by atoms with E-state index in [1.54, 1.807) is 14.2 Å². The van der Waals surface area contributed by atoms with E-state index in [-0.39, 0.29) is 5.89 Å². The van der Waals surface area contributed by atoms with Gasteiger partial charge in [-0.1, -0.05) is 29.8 Å². The Morgan fingerprint density at radius 1 is 0.818 bits per heavy atom. The minimum Gasteiger partial charge on any atom is -0.497 e. The van der Waals surface area contributed by atoms with Crippen molar-refractivity contribution in [2.75, 3.05) is 19.5 Å². The lowest BCUT2D eigenvalue weighted by molar-refractivity contribution is 0.405. The van der Waals surface area contributed by atoms with Crippen LogP contribution in [0.2, 0.25) is 0 Å². The molecule has 164 valence electrons. The van der Waals surface area contributed by atoms with Crippen molar-refractivity contribution in [3.05, 3.63) is 72.3 Å². The molecule has 0 fully saturated rings. The van der Waals surface area contributed by atoms with Crippen LogP contribution in [0.15, 0.2) is 71.1 Å². The average molecular weight is 439 g/mol. The van der Waals surface area contributed by atoms with Crippen molar-refractivity contribution < 1.29 is 13.9 Å². The molecule has 0 unspecified atom stereocenters. The molecule has 8 nitrogen and oxygen atoms in total. The SMILES string of the molecule is COc1ccc(OC)c(Nc2nc(-c3nnc(-c4cccc(C)c4)o3)nc3ccccc23)c1. The third kappa shape index (κ3) is 4.06. The molecule has 0 aliphatic heterocycles. The molecule has 0 atom stereocenters. The maximum Gasteiger partial charge on any atom is 0.286 e. The van der Waals surface area contributed by atoms with Crippen LogP contribution in [-0.2, 0) is 0 Å². The molecule has 1 N–H and O–H groups in total. The number of hydrogen-bond acceptors (Lipinski definition) is 8. The number of aromatic nitrogens is 4. The van der Waals surface area contributed by atoms with Gasteiger partial charge in [0, 0.05) is 17.0 Å². The highest BCUT2D eigenvalue weighted by Crippen LogP contribution is 2.34. The number of aryl methyl sites for hydroxylation is 1. The molecule has 0 spiro atoms. The van der Waals surface area contributed by atoms with Crippen LogP contribution >= 0.6 is 0 Å². The normalized spacial score (nSPS) is 10.9. The van der Waals surface area contributed by atoms with Gasteiger partial charge in [-0.05, 0) is 43.3 Å². The molecule has 0 radical (unpaired) electrons. The van der Waals surface area contributed by atoms with Crippen LogP contribution in [-0.4, -0.2) is 34.4 Å². The second-order valence-corrected chi connectivity index (χ2v) is 7.39. The van der Waals surface area contributed by atoms with Gasteiger partial charge in [-0.25, -0.2) is 9.97 Å². The number of rotatable bonds is 6. The van der Waals surface area contributed by atoms with E-state index in [2.05, 4.69) is 20.5 Å². The van der Waals surface area contributed by atoms with Gasteiger partial charge in [-0.3, -0.25) is 0 Å². The highest BCUT2D eigenvalue weighted by molar-refractivity contribution is 5.92. The number of methoxy groups -OCH3 is 2. The Bertz CT molecular complexity index is 1450. The topological polar surface area (TPSA) is 95.2 Å². The van der Waals surface area contributed by atoms with Gasteiger partial charge < -0.3 is 19.2 Å². The minimum atomic E-state index is 0.234. The lowest BCUT2D eigenvalue weighted by Gasteiger charge is -2.14. The molecule has 33 heavy (non-hydrogen) atoms. The van der Waals surface area contributed by atoms with Crippen LogP contribution in [0.1, 0.15) is 5.56 Å². The van der Waals surface area contributed by atoms with Crippen molar-refractivity contribution in [1.29, 1.82) is 0 Å². The summed E-state index contributed by atoms with van der Waals surface area (Å²) < 4.78 is 16.8. The summed E-state index contributed by atoms with van der Waals surface area (Å²) in [5.74, 6) is 2.89. The summed E-state index contributed by atoms with van der Waals surface area (Å²) >= 11 is 0. The Morgan fingerprint density at radius 3 is 2.48 bits per heavy atom. The number of hydrogen-bond donors (Lipinski definition) is 1. The van der Waals surface area contributed by atoms with E-state index in [9.17, 15) is 0 Å². The molecule has 5 aromatic rings. The Labute approximate surface area is 190 Å². The first-order valence-corrected chi connectivity index (χ1v) is 10.3. The number of nitrogens with one attached hydrogen (secondary N) is 1. The molecular formula is C25H21N5O3. The van der Waals surface area contributed by atoms with Crippen LogP contribution in [0.25, 0.3) is 34.1 Å². The largest absolute Gasteiger partial charge is 0.497 e. The second-order valence-electron chi connectivity index (χ2n) is 7.39. The van der Waals surface area contributed by atoms with Crippen molar-refractivity contribution >= 4 is 22.4 Å². The fourth-order valence-corrected chi connectivity index (χ4v) is 3.52. The van der Waals surface area contributed by atoms with Crippen LogP contribution in [0.3, 0.4) is 0 Å². The number of ether oxygens (including phenoxy) is 2. The molecular weight excluding hydrogens is 418 g/mol. The Balaban J connectivity index is 1.59. The first-order valence-electron chi connectivity index (χ1n) is 10.3. The van der Waals surface area contributed by atoms with Crippen molar-refractivity contribution in [1.82, 2.24) is 20.2 Å². The average Bonchev–Trinajstić information content (AvgIpc) is 3.34. The van der Waals surface area contributed by atoms with Gasteiger partial charge >= 0.3 is 0 Å². The van der Waals surface area contributed by atoms with Crippen molar-refractivity contribution in [2.24, 2.45) is 0 Å². The summed E-state index contributed by atoms with van der Waals surface area (Å²) in [5, 5.41) is 12.6. The highest BCUT2D eigenvalue weighted by Gasteiger charge is 2.17. The summed E-state index contributed by atoms with van der Waals surface area (Å²) in [4.78, 5) is 9.35. The Morgan fingerprint density at radius 2 is 1.67 bits per heavy atom. The van der Waals surface area contributed by atoms with Crippen LogP contribution in [0, 0.1) is 6.92 Å². The van der Waals surface area contributed by atoms with Gasteiger partial charge in [0.05, 0.1) is 25.4 Å². The molecule has 0 aliphatic rings. The van der Waals surface area contributed by atoms with E-state index >= 15 is 0 Å². The predicted octanol–water partition coefficient (Wildman–Crippen LogP) is 5.42. The van der Waals surface area contributed by atoms with E-state index in [0.29, 0.717) is 34.7 Å². The van der Waals surface area contributed by atoms with Gasteiger partial charge in [0.2, 0.25) is 11.7 Å². The third-order valence-electron chi connectivity index (χ3n) is 5.14. The zero-order valence-corrected chi connectivity index (χ0v) is 18.4. The Hall–Kier alpha value is -4.46. The molecule has 0 amide bonds. The smallest absolute Gasteiger partial charge is 0.286 e. The van der Waals surface area contributed by atoms with Crippen LogP contribution < -0.4 is 14.8 Å². The first kappa shape index (κ1) is 20.4. The van der Waals surface area contributed by atoms with Crippen LogP contribution in [0.4, 0.5) is 11.5 Å². The van der Waals surface area contributed by atoms with Crippen molar-refractivity contribution in [2.45, 2.75) is 6.92 Å². The van der Waals surface area contributed by atoms with Crippen molar-refractivity contribution in [3.63, 3.8) is 0 Å². The maximum absolute atomic E-state index is 5.93. The number of anilines is 2. The minimum absolute atomic E-state index is 0.234. The molecule has 3 aromatic carbocycles. The van der Waals surface area contributed by atoms with E-state index < -0.39 is 0 Å². The number of para-hydroxylation sites is 1. The summed E-state index contributed by atoms with van der Waals surface area (Å²) in [5.41, 5.74) is 3.39. The second kappa shape index (κ2) is 8.58. The number of fused-ring (bicyclic) bond motifs is 1. The quantitative estimate of drug-likeness (QED) is 0.375. The molecule has 0 saturated carbocycles. The third-order valence-corrected chi connectivity index (χ3v) is 5.14. The zero-order chi connectivity index (χ0) is 22.8. The Kier molecular flexibility index (Phi) is 5.32. The molecule has 2 aromatic heterocycles. The standard InChI is InChI=1S/C25H21N5O3/c1-15-7-6-8-16(13-15)24-29-30-25(33-24)23-26-19-10-5-4-9-18(19)22(28-23)27-20-14-17(31-2)11-12-21(20)32-3/h4-14H,1-3H3,(H,26,27,28). The lowest BCUT2D eigenvalue weighted by Crippen LogP contribution is -2.01. The fraction of sp³-hybridized carbons (Fsp3) is 0.120. The predicted molar refractivity (Wildman–Crippen MR) is 126 cm³/mol. The van der Waals surface area contributed by atoms with E-state index in [1.165, 1.54) is 0 Å². The summed E-state index contributed by atoms with van der Waals surface area (Å²) in [7, 11) is 3.23. The summed E-state index contributed by atoms with van der Waals surface area (Å²) in [6.07, 6.45) is 0. The summed E-state index contributed by atoms with van der Waals surface area (Å²) in [6.45, 7) is 2.01. The van der Waals surface area contributed by atoms with E-state index in [4.69, 9.17) is 18.9 Å². The monoisotopic (exact) mass is 439 g/mol. The van der Waals surface area contributed by atoms with Gasteiger partial charge in [-0.2, -0.15) is 0 Å². The molecule has 0 aliphatic carbocycles. The number of nitrogens with zero attached hydrogens (tertiary/aromatic N) is 4. The zero-order valence-electron chi connectivity index (χ0n) is 18.4. The van der Waals surface area contributed by atoms with Gasteiger partial charge in [0.1, 0.15) is 17.3 Å². The molecule has 0 saturated heterocycles. The highest BCUT2D eigenvalue weighted by atomic mass is 16.5. The summed E-state index contributed by atoms with van der Waals surface area (Å²) in [6, 6.07) is 21.1. The van der Waals surface area contributed by atoms with Gasteiger partial charge in [0.15, 0.2) is 0 Å². The first-order chi connectivity index (χ1) is 16.1. The number of benzene rings is 3.